The van der Waals surface area contributed by atoms with Gasteiger partial charge in [0.05, 0.1) is 11.3 Å². The van der Waals surface area contributed by atoms with E-state index >= 15 is 0 Å². The Kier molecular flexibility index (Phi) is 2.55. The largest absolute Gasteiger partial charge is 0.478 e. The Labute approximate surface area is 91.5 Å². The van der Waals surface area contributed by atoms with Crippen molar-refractivity contribution in [1.82, 2.24) is 4.98 Å². The third-order valence-corrected chi connectivity index (χ3v) is 2.24. The molecule has 2 rings (SSSR count). The summed E-state index contributed by atoms with van der Waals surface area (Å²) < 4.78 is 0. The molecule has 0 spiro atoms. The Balaban J connectivity index is 2.49. The molecule has 2 N–H and O–H groups in total. The molecule has 0 amide bonds. The summed E-state index contributed by atoms with van der Waals surface area (Å²) in [5.41, 5.74) is 0.591. The fourth-order valence-electron chi connectivity index (χ4n) is 1.48. The first-order valence-electron chi connectivity index (χ1n) is 4.70. The molecule has 0 unspecified atom stereocenters. The molecule has 0 radical (unpaired) electrons. The zero-order valence-corrected chi connectivity index (χ0v) is 8.31. The lowest BCUT2D eigenvalue weighted by molar-refractivity contribution is 0.0692. The molecule has 0 saturated carbocycles. The second kappa shape index (κ2) is 4.02. The molecule has 0 saturated heterocycles. The van der Waals surface area contributed by atoms with Crippen molar-refractivity contribution >= 4 is 11.8 Å². The van der Waals surface area contributed by atoms with Crippen LogP contribution in [0.3, 0.4) is 0 Å². The summed E-state index contributed by atoms with van der Waals surface area (Å²) in [6, 6.07) is 9.46. The fraction of sp³-hybridized carbons (Fsp3) is 0. The summed E-state index contributed by atoms with van der Waals surface area (Å²) in [5, 5.41) is 8.95. The van der Waals surface area contributed by atoms with E-state index in [1.807, 2.05) is 0 Å². The molecule has 0 bridgehead atoms. The van der Waals surface area contributed by atoms with Crippen LogP contribution in [0.2, 0.25) is 0 Å². The average Bonchev–Trinajstić information content (AvgIpc) is 2.81. The standard InChI is InChI=1S/C12H9NO3/c14-11(10-6-3-7-13-10)8-4-1-2-5-9(8)12(15)16/h1-7,13H,(H,15,16). The molecule has 1 aromatic carbocycles. The van der Waals surface area contributed by atoms with E-state index in [0.29, 0.717) is 5.69 Å². The van der Waals surface area contributed by atoms with Gasteiger partial charge in [-0.25, -0.2) is 4.79 Å². The number of carboxylic acids is 1. The van der Waals surface area contributed by atoms with Gasteiger partial charge in [0, 0.05) is 11.8 Å². The second-order valence-electron chi connectivity index (χ2n) is 3.26. The van der Waals surface area contributed by atoms with Crippen LogP contribution < -0.4 is 0 Å². The molecular weight excluding hydrogens is 206 g/mol. The van der Waals surface area contributed by atoms with E-state index in [4.69, 9.17) is 5.11 Å². The Hall–Kier alpha value is -2.36. The highest BCUT2D eigenvalue weighted by Crippen LogP contribution is 2.13. The van der Waals surface area contributed by atoms with Gasteiger partial charge >= 0.3 is 5.97 Å². The van der Waals surface area contributed by atoms with E-state index in [0.717, 1.165) is 0 Å². The topological polar surface area (TPSA) is 70.2 Å². The molecule has 1 heterocycles. The normalized spacial score (nSPS) is 10.0. The quantitative estimate of drug-likeness (QED) is 0.768. The van der Waals surface area contributed by atoms with Crippen molar-refractivity contribution < 1.29 is 14.7 Å². The van der Waals surface area contributed by atoms with Gasteiger partial charge in [0.2, 0.25) is 5.78 Å². The van der Waals surface area contributed by atoms with Gasteiger partial charge in [0.15, 0.2) is 0 Å². The van der Waals surface area contributed by atoms with Crippen molar-refractivity contribution in [2.24, 2.45) is 0 Å². The van der Waals surface area contributed by atoms with Gasteiger partial charge in [-0.2, -0.15) is 0 Å². The lowest BCUT2D eigenvalue weighted by atomic mass is 10.0. The number of rotatable bonds is 3. The molecule has 16 heavy (non-hydrogen) atoms. The number of benzene rings is 1. The highest BCUT2D eigenvalue weighted by Gasteiger charge is 2.17. The zero-order chi connectivity index (χ0) is 11.5. The van der Waals surface area contributed by atoms with Gasteiger partial charge in [0.1, 0.15) is 0 Å². The number of hydrogen-bond acceptors (Lipinski definition) is 2. The number of aromatic nitrogens is 1. The summed E-state index contributed by atoms with van der Waals surface area (Å²) in [7, 11) is 0. The van der Waals surface area contributed by atoms with E-state index in [1.165, 1.54) is 12.1 Å². The summed E-state index contributed by atoms with van der Waals surface area (Å²) in [4.78, 5) is 25.6. The van der Waals surface area contributed by atoms with Crippen molar-refractivity contribution in [2.45, 2.75) is 0 Å². The van der Waals surface area contributed by atoms with Crippen molar-refractivity contribution in [3.05, 3.63) is 59.4 Å². The first kappa shape index (κ1) is 10.2. The van der Waals surface area contributed by atoms with Crippen LogP contribution >= 0.6 is 0 Å². The highest BCUT2D eigenvalue weighted by molar-refractivity contribution is 6.13. The number of aromatic carboxylic acids is 1. The second-order valence-corrected chi connectivity index (χ2v) is 3.26. The lowest BCUT2D eigenvalue weighted by Crippen LogP contribution is -2.09. The average molecular weight is 215 g/mol. The van der Waals surface area contributed by atoms with Gasteiger partial charge in [0.25, 0.3) is 0 Å². The number of H-pyrrole nitrogens is 1. The first-order chi connectivity index (χ1) is 7.70. The SMILES string of the molecule is O=C(O)c1ccccc1C(=O)c1ccc[nH]1. The number of aromatic amines is 1. The monoisotopic (exact) mass is 215 g/mol. The van der Waals surface area contributed by atoms with Crippen molar-refractivity contribution in [3.63, 3.8) is 0 Å². The molecule has 80 valence electrons. The maximum absolute atomic E-state index is 11.9. The third-order valence-electron chi connectivity index (χ3n) is 2.24. The predicted octanol–water partition coefficient (Wildman–Crippen LogP) is 1.94. The molecule has 0 aliphatic rings. The number of hydrogen-bond donors (Lipinski definition) is 2. The third kappa shape index (κ3) is 1.72. The molecule has 0 aliphatic heterocycles. The van der Waals surface area contributed by atoms with Gasteiger partial charge in [-0.3, -0.25) is 4.79 Å². The van der Waals surface area contributed by atoms with Crippen LogP contribution in [0.1, 0.15) is 26.4 Å². The maximum atomic E-state index is 11.9. The van der Waals surface area contributed by atoms with Crippen LogP contribution in [0.15, 0.2) is 42.6 Å². The summed E-state index contributed by atoms with van der Waals surface area (Å²) in [5.74, 6) is -1.42. The smallest absolute Gasteiger partial charge is 0.336 e. The van der Waals surface area contributed by atoms with Gasteiger partial charge < -0.3 is 10.1 Å². The molecule has 4 heteroatoms. The lowest BCUT2D eigenvalue weighted by Gasteiger charge is -2.02. The highest BCUT2D eigenvalue weighted by atomic mass is 16.4. The predicted molar refractivity (Wildman–Crippen MR) is 57.6 cm³/mol. The van der Waals surface area contributed by atoms with Crippen molar-refractivity contribution in [2.75, 3.05) is 0 Å². The Bertz CT molecular complexity index is 529. The van der Waals surface area contributed by atoms with Crippen LogP contribution in [0.5, 0.6) is 0 Å². The molecule has 2 aromatic rings. The number of carboxylic acid groups (broad SMARTS) is 1. The molecular formula is C12H9NO3. The van der Waals surface area contributed by atoms with Gasteiger partial charge in [-0.15, -0.1) is 0 Å². The van der Waals surface area contributed by atoms with Crippen LogP contribution in [-0.4, -0.2) is 21.8 Å². The Morgan fingerprint density at radius 2 is 1.69 bits per heavy atom. The first-order valence-corrected chi connectivity index (χ1v) is 4.70. The minimum atomic E-state index is -1.10. The van der Waals surface area contributed by atoms with Crippen LogP contribution in [0.4, 0.5) is 0 Å². The number of nitrogens with one attached hydrogen (secondary N) is 1. The molecule has 1 aromatic heterocycles. The van der Waals surface area contributed by atoms with E-state index in [2.05, 4.69) is 4.98 Å². The van der Waals surface area contributed by atoms with E-state index in [9.17, 15) is 9.59 Å². The summed E-state index contributed by atoms with van der Waals surface area (Å²) in [6.07, 6.45) is 1.62. The van der Waals surface area contributed by atoms with Crippen LogP contribution in [0, 0.1) is 0 Å². The van der Waals surface area contributed by atoms with Gasteiger partial charge in [-0.05, 0) is 18.2 Å². The number of carbonyl (C=O) groups is 2. The number of ketones is 1. The van der Waals surface area contributed by atoms with Crippen molar-refractivity contribution in [3.8, 4) is 0 Å². The fourth-order valence-corrected chi connectivity index (χ4v) is 1.48. The van der Waals surface area contributed by atoms with E-state index in [-0.39, 0.29) is 16.9 Å². The molecule has 0 fully saturated rings. The number of carbonyl (C=O) groups excluding carboxylic acids is 1. The van der Waals surface area contributed by atoms with Crippen LogP contribution in [-0.2, 0) is 0 Å². The zero-order valence-electron chi connectivity index (χ0n) is 8.31. The van der Waals surface area contributed by atoms with Crippen LogP contribution in [0.25, 0.3) is 0 Å². The Morgan fingerprint density at radius 1 is 1.00 bits per heavy atom. The molecule has 0 aliphatic carbocycles. The molecule has 4 nitrogen and oxygen atoms in total. The van der Waals surface area contributed by atoms with Crippen molar-refractivity contribution in [1.29, 1.82) is 0 Å². The molecule has 0 atom stereocenters. The van der Waals surface area contributed by atoms with E-state index < -0.39 is 5.97 Å². The van der Waals surface area contributed by atoms with Gasteiger partial charge in [-0.1, -0.05) is 18.2 Å². The maximum Gasteiger partial charge on any atom is 0.336 e. The summed E-state index contributed by atoms with van der Waals surface area (Å²) >= 11 is 0. The summed E-state index contributed by atoms with van der Waals surface area (Å²) in [6.45, 7) is 0. The van der Waals surface area contributed by atoms with E-state index in [1.54, 1.807) is 30.5 Å². The minimum absolute atomic E-state index is 0.0158. The minimum Gasteiger partial charge on any atom is -0.478 e. The Morgan fingerprint density at radius 3 is 2.25 bits per heavy atom.